The van der Waals surface area contributed by atoms with Crippen LogP contribution in [0.15, 0.2) is 48.8 Å². The first-order valence-corrected chi connectivity index (χ1v) is 18.5. The van der Waals surface area contributed by atoms with E-state index in [0.717, 1.165) is 25.7 Å². The van der Waals surface area contributed by atoms with Crippen LogP contribution in [0.25, 0.3) is 0 Å². The molecule has 290 valence electrons. The van der Waals surface area contributed by atoms with Gasteiger partial charge in [-0.2, -0.15) is 0 Å². The zero-order chi connectivity index (χ0) is 37.4. The molecular weight excluding hydrogens is 660 g/mol. The van der Waals surface area contributed by atoms with E-state index >= 15 is 0 Å². The third kappa shape index (κ3) is 13.4. The standard InChI is InChI=1S/C39H62O12/c1-7-9-10-11-12-14-34(42)50-37-28(23-35(43)45-6)22-32-25-33(26-40)47-27(3)21-29(41)16-19-46-20-17-31-24-30(13-8-2)48-36(49-31)15-18-38(4,5)39(37,44)51-32/h8,15,18,23,29-33,36-37,40-41,44H,2-3,7,9-14,16-17,19-22,24-26H2,1,4-6H3/b18-15+,28-23+/t29-,30+,31?,32+,33?,36+,37+,39-/m1/s1. The fraction of sp³-hybridized carbons (Fsp3) is 0.744. The maximum absolute atomic E-state index is 13.3. The second kappa shape index (κ2) is 21.2. The van der Waals surface area contributed by atoms with E-state index in [1.807, 2.05) is 0 Å². The fourth-order valence-corrected chi connectivity index (χ4v) is 6.67. The van der Waals surface area contributed by atoms with Crippen molar-refractivity contribution in [2.75, 3.05) is 26.9 Å². The highest BCUT2D eigenvalue weighted by Crippen LogP contribution is 2.47. The molecule has 3 rings (SSSR count). The highest BCUT2D eigenvalue weighted by molar-refractivity contribution is 5.83. The molecule has 0 aromatic carbocycles. The molecule has 2 fully saturated rings. The average molecular weight is 723 g/mol. The Morgan fingerprint density at radius 3 is 2.47 bits per heavy atom. The lowest BCUT2D eigenvalue weighted by Gasteiger charge is -2.51. The van der Waals surface area contributed by atoms with Crippen LogP contribution in [0.3, 0.4) is 0 Å². The summed E-state index contributed by atoms with van der Waals surface area (Å²) in [4.78, 5) is 26.0. The monoisotopic (exact) mass is 722 g/mol. The predicted molar refractivity (Wildman–Crippen MR) is 190 cm³/mol. The molecule has 3 N–H and O–H groups in total. The minimum Gasteiger partial charge on any atom is -0.493 e. The van der Waals surface area contributed by atoms with E-state index in [0.29, 0.717) is 50.9 Å². The molecule has 0 aromatic rings. The van der Waals surface area contributed by atoms with Gasteiger partial charge in [0.05, 0.1) is 43.9 Å². The minimum atomic E-state index is -2.21. The van der Waals surface area contributed by atoms with Crippen molar-refractivity contribution in [3.63, 3.8) is 0 Å². The number of hydrogen-bond donors (Lipinski definition) is 3. The normalized spacial score (nSPS) is 33.7. The Morgan fingerprint density at radius 2 is 1.76 bits per heavy atom. The summed E-state index contributed by atoms with van der Waals surface area (Å²) in [5, 5.41) is 33.6. The van der Waals surface area contributed by atoms with Gasteiger partial charge in [-0.05, 0) is 43.8 Å². The molecule has 0 spiro atoms. The van der Waals surface area contributed by atoms with Crippen molar-refractivity contribution in [3.05, 3.63) is 48.8 Å². The highest BCUT2D eigenvalue weighted by atomic mass is 16.7. The lowest BCUT2D eigenvalue weighted by Crippen LogP contribution is -2.62. The molecule has 3 aliphatic rings. The lowest BCUT2D eigenvalue weighted by atomic mass is 9.74. The van der Waals surface area contributed by atoms with Crippen molar-refractivity contribution in [1.29, 1.82) is 0 Å². The zero-order valence-electron chi connectivity index (χ0n) is 31.1. The third-order valence-electron chi connectivity index (χ3n) is 9.65. The van der Waals surface area contributed by atoms with Crippen LogP contribution in [0.2, 0.25) is 0 Å². The first-order valence-electron chi connectivity index (χ1n) is 18.5. The predicted octanol–water partition coefficient (Wildman–Crippen LogP) is 5.34. The highest BCUT2D eigenvalue weighted by Gasteiger charge is 2.57. The van der Waals surface area contributed by atoms with E-state index in [9.17, 15) is 24.9 Å². The van der Waals surface area contributed by atoms with Crippen LogP contribution in [0.5, 0.6) is 0 Å². The summed E-state index contributed by atoms with van der Waals surface area (Å²) in [6, 6.07) is 0. The first kappa shape index (κ1) is 42.8. The van der Waals surface area contributed by atoms with E-state index in [2.05, 4.69) is 20.1 Å². The van der Waals surface area contributed by atoms with Crippen LogP contribution >= 0.6 is 0 Å². The molecule has 2 unspecified atom stereocenters. The largest absolute Gasteiger partial charge is 0.493 e. The molecule has 0 saturated carbocycles. The summed E-state index contributed by atoms with van der Waals surface area (Å²) >= 11 is 0. The summed E-state index contributed by atoms with van der Waals surface area (Å²) in [5.41, 5.74) is -0.973. The number of carbonyl (C=O) groups is 2. The number of aliphatic hydroxyl groups is 3. The number of rotatable bonds is 11. The summed E-state index contributed by atoms with van der Waals surface area (Å²) in [7, 11) is 1.24. The molecule has 4 bridgehead atoms. The number of ether oxygens (including phenoxy) is 7. The Kier molecular flexibility index (Phi) is 17.8. The smallest absolute Gasteiger partial charge is 0.330 e. The summed E-state index contributed by atoms with van der Waals surface area (Å²) in [6.07, 6.45) is 8.82. The number of hydrogen-bond acceptors (Lipinski definition) is 12. The van der Waals surface area contributed by atoms with Crippen molar-refractivity contribution in [2.24, 2.45) is 5.41 Å². The Hall–Kier alpha value is -2.58. The topological polar surface area (TPSA) is 159 Å². The van der Waals surface area contributed by atoms with Gasteiger partial charge in [0.15, 0.2) is 12.4 Å². The molecule has 12 heteroatoms. The molecule has 0 aromatic heterocycles. The van der Waals surface area contributed by atoms with Crippen molar-refractivity contribution < 1.29 is 58.1 Å². The van der Waals surface area contributed by atoms with E-state index < -0.39 is 60.5 Å². The Labute approximate surface area is 303 Å². The van der Waals surface area contributed by atoms with Gasteiger partial charge in [-0.15, -0.1) is 6.58 Å². The summed E-state index contributed by atoms with van der Waals surface area (Å²) in [6.45, 7) is 13.7. The zero-order valence-corrected chi connectivity index (χ0v) is 31.1. The van der Waals surface area contributed by atoms with Crippen LogP contribution in [0.4, 0.5) is 0 Å². The van der Waals surface area contributed by atoms with E-state index in [1.54, 1.807) is 32.1 Å². The van der Waals surface area contributed by atoms with Gasteiger partial charge < -0.3 is 48.5 Å². The van der Waals surface area contributed by atoms with Gasteiger partial charge in [0.1, 0.15) is 6.10 Å². The van der Waals surface area contributed by atoms with Gasteiger partial charge in [0.2, 0.25) is 5.79 Å². The van der Waals surface area contributed by atoms with Crippen LogP contribution in [0, 0.1) is 5.41 Å². The number of aliphatic hydroxyl groups excluding tert-OH is 2. The Morgan fingerprint density at radius 1 is 1.04 bits per heavy atom. The SMILES string of the molecule is C=CC[C@H]1CC2CCOCC[C@@H](O)CC(=C)OC(CO)C[C@@H]3C/C(=C\C(=O)OC)[C@H](OC(=O)CCCCCCC)[C@@](O)(O3)C(C)(C)/C=C/[C@H](O2)O1. The first-order chi connectivity index (χ1) is 24.3. The molecule has 3 aliphatic heterocycles. The molecule has 0 radical (unpaired) electrons. The van der Waals surface area contributed by atoms with Crippen LogP contribution in [-0.4, -0.2) is 103 Å². The van der Waals surface area contributed by atoms with Crippen molar-refractivity contribution in [2.45, 2.75) is 153 Å². The van der Waals surface area contributed by atoms with E-state index in [-0.39, 0.29) is 43.7 Å². The van der Waals surface area contributed by atoms with Crippen molar-refractivity contribution in [1.82, 2.24) is 0 Å². The molecule has 12 nitrogen and oxygen atoms in total. The number of esters is 2. The summed E-state index contributed by atoms with van der Waals surface area (Å²) in [5.74, 6) is -3.15. The van der Waals surface area contributed by atoms with E-state index in [1.165, 1.54) is 13.2 Å². The van der Waals surface area contributed by atoms with Gasteiger partial charge in [0.25, 0.3) is 0 Å². The summed E-state index contributed by atoms with van der Waals surface area (Å²) < 4.78 is 41.7. The minimum absolute atomic E-state index is 0.0672. The molecule has 2 saturated heterocycles. The maximum Gasteiger partial charge on any atom is 0.330 e. The fourth-order valence-electron chi connectivity index (χ4n) is 6.67. The molecule has 51 heavy (non-hydrogen) atoms. The van der Waals surface area contributed by atoms with Crippen LogP contribution in [-0.2, 0) is 42.7 Å². The van der Waals surface area contributed by atoms with Gasteiger partial charge in [0, 0.05) is 50.4 Å². The number of unbranched alkanes of at least 4 members (excludes halogenated alkanes) is 4. The van der Waals surface area contributed by atoms with Gasteiger partial charge in [-0.1, -0.05) is 65.2 Å². The quantitative estimate of drug-likeness (QED) is 0.109. The lowest BCUT2D eigenvalue weighted by molar-refractivity contribution is -0.327. The molecule has 0 aliphatic carbocycles. The number of methoxy groups -OCH3 is 1. The van der Waals surface area contributed by atoms with E-state index in [4.69, 9.17) is 33.2 Å². The molecule has 3 heterocycles. The van der Waals surface area contributed by atoms with Crippen molar-refractivity contribution in [3.8, 4) is 0 Å². The Balaban J connectivity index is 2.04. The Bertz CT molecular complexity index is 1180. The van der Waals surface area contributed by atoms with Crippen molar-refractivity contribution >= 4 is 11.9 Å². The van der Waals surface area contributed by atoms with Crippen LogP contribution < -0.4 is 0 Å². The second-order valence-electron chi connectivity index (χ2n) is 14.4. The van der Waals surface area contributed by atoms with Gasteiger partial charge >= 0.3 is 11.9 Å². The average Bonchev–Trinajstić information content (AvgIpc) is 3.08. The number of fused-ring (bicyclic) bond motifs is 4. The molecular formula is C39H62O12. The van der Waals surface area contributed by atoms with Crippen LogP contribution in [0.1, 0.15) is 104 Å². The molecule has 0 amide bonds. The van der Waals surface area contributed by atoms with Gasteiger partial charge in [-0.3, -0.25) is 4.79 Å². The number of carbonyl (C=O) groups excluding carboxylic acids is 2. The maximum atomic E-state index is 13.3. The second-order valence-corrected chi connectivity index (χ2v) is 14.4. The van der Waals surface area contributed by atoms with Gasteiger partial charge in [-0.25, -0.2) is 4.79 Å². The molecule has 8 atom stereocenters. The third-order valence-corrected chi connectivity index (χ3v) is 9.65.